The van der Waals surface area contributed by atoms with Gasteiger partial charge in [-0.1, -0.05) is 29.8 Å². The Balaban J connectivity index is 1.73. The summed E-state index contributed by atoms with van der Waals surface area (Å²) in [5.74, 6) is 2.14. The lowest BCUT2D eigenvalue weighted by atomic mass is 10.3. The van der Waals surface area contributed by atoms with Gasteiger partial charge in [0.1, 0.15) is 23.3 Å². The van der Waals surface area contributed by atoms with Crippen molar-refractivity contribution in [1.29, 1.82) is 0 Å². The largest absolute Gasteiger partial charge is 0.494 e. The Morgan fingerprint density at radius 3 is 2.76 bits per heavy atom. The molecule has 1 aromatic heterocycles. The van der Waals surface area contributed by atoms with Gasteiger partial charge in [-0.15, -0.1) is 0 Å². The third-order valence-electron chi connectivity index (χ3n) is 2.65. The molecule has 0 saturated carbocycles. The van der Waals surface area contributed by atoms with Crippen LogP contribution >= 0.6 is 11.6 Å². The van der Waals surface area contributed by atoms with Crippen LogP contribution < -0.4 is 10.1 Å². The summed E-state index contributed by atoms with van der Waals surface area (Å²) in [5.41, 5.74) is 0. The molecule has 0 aliphatic heterocycles. The lowest BCUT2D eigenvalue weighted by molar-refractivity contribution is 0.178. The Kier molecular flexibility index (Phi) is 6.24. The van der Waals surface area contributed by atoms with Crippen LogP contribution in [0, 0.1) is 0 Å². The van der Waals surface area contributed by atoms with E-state index in [2.05, 4.69) is 15.3 Å². The van der Waals surface area contributed by atoms with Crippen LogP contribution in [0.2, 0.25) is 5.15 Å². The third-order valence-corrected chi connectivity index (χ3v) is 2.85. The number of hydrogen-bond acceptors (Lipinski definition) is 5. The Labute approximate surface area is 129 Å². The van der Waals surface area contributed by atoms with E-state index >= 15 is 0 Å². The molecule has 1 N–H and O–H groups in total. The first-order valence-corrected chi connectivity index (χ1v) is 7.10. The number of nitrogens with zero attached hydrogens (tertiary/aromatic N) is 2. The average Bonchev–Trinajstić information content (AvgIpc) is 2.48. The van der Waals surface area contributed by atoms with E-state index < -0.39 is 0 Å². The molecule has 112 valence electrons. The molecule has 2 rings (SSSR count). The summed E-state index contributed by atoms with van der Waals surface area (Å²) in [6.07, 6.45) is 0.857. The first kappa shape index (κ1) is 15.5. The van der Waals surface area contributed by atoms with Gasteiger partial charge in [0.05, 0.1) is 6.61 Å². The second kappa shape index (κ2) is 8.44. The molecule has 0 radical (unpaired) electrons. The molecule has 0 bridgehead atoms. The number of aromatic nitrogens is 2. The second-order valence-corrected chi connectivity index (χ2v) is 4.75. The van der Waals surface area contributed by atoms with Crippen molar-refractivity contribution in [1.82, 2.24) is 9.97 Å². The maximum Gasteiger partial charge on any atom is 0.158 e. The van der Waals surface area contributed by atoms with E-state index in [1.54, 1.807) is 13.2 Å². The molecule has 2 aromatic rings. The molecule has 0 amide bonds. The molecule has 0 spiro atoms. The van der Waals surface area contributed by atoms with Crippen molar-refractivity contribution in [2.24, 2.45) is 0 Å². The van der Waals surface area contributed by atoms with E-state index in [1.165, 1.54) is 0 Å². The fraction of sp³-hybridized carbons (Fsp3) is 0.333. The molecule has 0 saturated heterocycles. The zero-order valence-electron chi connectivity index (χ0n) is 11.9. The number of rotatable bonds is 8. The van der Waals surface area contributed by atoms with E-state index in [0.717, 1.165) is 18.7 Å². The summed E-state index contributed by atoms with van der Waals surface area (Å²) in [4.78, 5) is 8.38. The van der Waals surface area contributed by atoms with Crippen LogP contribution in [-0.4, -0.2) is 30.2 Å². The second-order valence-electron chi connectivity index (χ2n) is 4.37. The Hall–Kier alpha value is -1.85. The molecule has 5 nitrogen and oxygen atoms in total. The van der Waals surface area contributed by atoms with Gasteiger partial charge >= 0.3 is 0 Å². The van der Waals surface area contributed by atoms with E-state index in [4.69, 9.17) is 21.1 Å². The molecule has 6 heteroatoms. The van der Waals surface area contributed by atoms with Gasteiger partial charge in [0.2, 0.25) is 0 Å². The van der Waals surface area contributed by atoms with Crippen molar-refractivity contribution in [3.8, 4) is 5.75 Å². The maximum absolute atomic E-state index is 5.93. The zero-order chi connectivity index (χ0) is 14.9. The monoisotopic (exact) mass is 307 g/mol. The summed E-state index contributed by atoms with van der Waals surface area (Å²) in [5, 5.41) is 3.60. The van der Waals surface area contributed by atoms with E-state index in [-0.39, 0.29) is 0 Å². The standard InChI is InChI=1S/C15H18ClN3O2/c1-20-11-15-18-13(16)10-14(19-15)17-8-5-9-21-12-6-3-2-4-7-12/h2-4,6-7,10H,5,8-9,11H2,1H3,(H,17,18,19). The van der Waals surface area contributed by atoms with Gasteiger partial charge in [-0.2, -0.15) is 0 Å². The van der Waals surface area contributed by atoms with E-state index in [9.17, 15) is 0 Å². The summed E-state index contributed by atoms with van der Waals surface area (Å²) in [7, 11) is 1.60. The minimum absolute atomic E-state index is 0.340. The molecule has 0 aliphatic carbocycles. The number of hydrogen-bond donors (Lipinski definition) is 1. The van der Waals surface area contributed by atoms with Gasteiger partial charge in [-0.25, -0.2) is 9.97 Å². The Bertz CT molecular complexity index is 552. The molecule has 21 heavy (non-hydrogen) atoms. The van der Waals surface area contributed by atoms with Crippen LogP contribution in [-0.2, 0) is 11.3 Å². The SMILES string of the molecule is COCc1nc(Cl)cc(NCCCOc2ccccc2)n1. The number of halogens is 1. The van der Waals surface area contributed by atoms with Crippen LogP contribution in [0.25, 0.3) is 0 Å². The van der Waals surface area contributed by atoms with Crippen LogP contribution in [0.4, 0.5) is 5.82 Å². The summed E-state index contributed by atoms with van der Waals surface area (Å²) in [6.45, 7) is 1.72. The number of benzene rings is 1. The molecular weight excluding hydrogens is 290 g/mol. The lowest BCUT2D eigenvalue weighted by Crippen LogP contribution is -2.09. The first-order valence-electron chi connectivity index (χ1n) is 6.72. The van der Waals surface area contributed by atoms with Crippen LogP contribution in [0.1, 0.15) is 12.2 Å². The highest BCUT2D eigenvalue weighted by molar-refractivity contribution is 6.29. The predicted octanol–water partition coefficient (Wildman–Crippen LogP) is 3.16. The maximum atomic E-state index is 5.93. The lowest BCUT2D eigenvalue weighted by Gasteiger charge is -2.09. The van der Waals surface area contributed by atoms with Gasteiger partial charge in [0.25, 0.3) is 0 Å². The highest BCUT2D eigenvalue weighted by atomic mass is 35.5. The number of para-hydroxylation sites is 1. The molecule has 1 heterocycles. The Morgan fingerprint density at radius 2 is 2.00 bits per heavy atom. The number of anilines is 1. The summed E-state index contributed by atoms with van der Waals surface area (Å²) >= 11 is 5.93. The van der Waals surface area contributed by atoms with Crippen LogP contribution in [0.5, 0.6) is 5.75 Å². The molecule has 1 aromatic carbocycles. The fourth-order valence-corrected chi connectivity index (χ4v) is 1.95. The summed E-state index contributed by atoms with van der Waals surface area (Å²) < 4.78 is 10.6. The normalized spacial score (nSPS) is 10.4. The fourth-order valence-electron chi connectivity index (χ4n) is 1.74. The zero-order valence-corrected chi connectivity index (χ0v) is 12.6. The molecule has 0 atom stereocenters. The molecule has 0 fully saturated rings. The predicted molar refractivity (Wildman–Crippen MR) is 82.8 cm³/mol. The quantitative estimate of drug-likeness (QED) is 0.600. The van der Waals surface area contributed by atoms with Crippen molar-refractivity contribution < 1.29 is 9.47 Å². The third kappa shape index (κ3) is 5.57. The van der Waals surface area contributed by atoms with Crippen molar-refractivity contribution in [3.63, 3.8) is 0 Å². The van der Waals surface area contributed by atoms with Gasteiger partial charge in [-0.3, -0.25) is 0 Å². The van der Waals surface area contributed by atoms with Gasteiger partial charge in [0, 0.05) is 19.7 Å². The van der Waals surface area contributed by atoms with Crippen molar-refractivity contribution in [2.75, 3.05) is 25.6 Å². The van der Waals surface area contributed by atoms with Crippen LogP contribution in [0.15, 0.2) is 36.4 Å². The van der Waals surface area contributed by atoms with E-state index in [1.807, 2.05) is 30.3 Å². The smallest absolute Gasteiger partial charge is 0.158 e. The first-order chi connectivity index (χ1) is 10.3. The van der Waals surface area contributed by atoms with Crippen LogP contribution in [0.3, 0.4) is 0 Å². The van der Waals surface area contributed by atoms with Crippen molar-refractivity contribution in [2.45, 2.75) is 13.0 Å². The highest BCUT2D eigenvalue weighted by Gasteiger charge is 2.02. The highest BCUT2D eigenvalue weighted by Crippen LogP contribution is 2.12. The summed E-state index contributed by atoms with van der Waals surface area (Å²) in [6, 6.07) is 11.4. The minimum Gasteiger partial charge on any atom is -0.494 e. The topological polar surface area (TPSA) is 56.3 Å². The Morgan fingerprint density at radius 1 is 1.19 bits per heavy atom. The number of methoxy groups -OCH3 is 1. The van der Waals surface area contributed by atoms with E-state index in [0.29, 0.717) is 30.0 Å². The van der Waals surface area contributed by atoms with Gasteiger partial charge in [0.15, 0.2) is 5.82 Å². The number of nitrogens with one attached hydrogen (secondary N) is 1. The molecule has 0 aliphatic rings. The molecular formula is C15H18ClN3O2. The average molecular weight is 308 g/mol. The molecule has 0 unspecified atom stereocenters. The van der Waals surface area contributed by atoms with Crippen molar-refractivity contribution >= 4 is 17.4 Å². The van der Waals surface area contributed by atoms with Gasteiger partial charge in [-0.05, 0) is 18.6 Å². The number of ether oxygens (including phenoxy) is 2. The minimum atomic E-state index is 0.340. The van der Waals surface area contributed by atoms with Gasteiger partial charge < -0.3 is 14.8 Å². The van der Waals surface area contributed by atoms with Crippen molar-refractivity contribution in [3.05, 3.63) is 47.4 Å².